The van der Waals surface area contributed by atoms with Crippen LogP contribution < -0.4 is 4.83 Å². The SMILES string of the molecule is CCc1ccc(C(C)=NNS(=O)(=O)c2ccccc2)cc1. The molecule has 2 aromatic carbocycles. The Morgan fingerprint density at radius 3 is 2.24 bits per heavy atom. The molecular weight excluding hydrogens is 284 g/mol. The molecule has 0 radical (unpaired) electrons. The molecule has 0 saturated carbocycles. The van der Waals surface area contributed by atoms with Gasteiger partial charge in [-0.2, -0.15) is 18.4 Å². The lowest BCUT2D eigenvalue weighted by Gasteiger charge is -2.06. The highest BCUT2D eigenvalue weighted by molar-refractivity contribution is 7.89. The maximum atomic E-state index is 12.1. The number of hydrogen-bond acceptors (Lipinski definition) is 3. The zero-order chi connectivity index (χ0) is 15.3. The molecule has 0 atom stereocenters. The monoisotopic (exact) mass is 302 g/mol. The molecule has 0 bridgehead atoms. The van der Waals surface area contributed by atoms with E-state index < -0.39 is 10.0 Å². The van der Waals surface area contributed by atoms with Crippen molar-refractivity contribution >= 4 is 15.7 Å². The molecule has 0 aliphatic rings. The molecule has 110 valence electrons. The summed E-state index contributed by atoms with van der Waals surface area (Å²) in [5, 5.41) is 3.98. The molecule has 0 saturated heterocycles. The smallest absolute Gasteiger partial charge is 0.200 e. The molecule has 0 fully saturated rings. The first kappa shape index (κ1) is 15.3. The van der Waals surface area contributed by atoms with Crippen molar-refractivity contribution in [3.63, 3.8) is 0 Å². The van der Waals surface area contributed by atoms with Gasteiger partial charge in [-0.25, -0.2) is 0 Å². The number of benzene rings is 2. The van der Waals surface area contributed by atoms with E-state index in [0.29, 0.717) is 5.71 Å². The van der Waals surface area contributed by atoms with Gasteiger partial charge in [0.1, 0.15) is 0 Å². The lowest BCUT2D eigenvalue weighted by molar-refractivity contribution is 0.584. The summed E-state index contributed by atoms with van der Waals surface area (Å²) in [6.07, 6.45) is 0.969. The van der Waals surface area contributed by atoms with Gasteiger partial charge in [0.25, 0.3) is 10.0 Å². The summed E-state index contributed by atoms with van der Waals surface area (Å²) < 4.78 is 24.1. The average molecular weight is 302 g/mol. The molecule has 2 aromatic rings. The Bertz CT molecular complexity index is 721. The molecule has 0 spiro atoms. The number of hydrazone groups is 1. The standard InChI is InChI=1S/C16H18N2O2S/c1-3-14-9-11-15(12-10-14)13(2)17-18-21(19,20)16-7-5-4-6-8-16/h4-12,18H,3H2,1-2H3. The molecule has 21 heavy (non-hydrogen) atoms. The number of sulfonamides is 1. The van der Waals surface area contributed by atoms with Crippen molar-refractivity contribution in [1.29, 1.82) is 0 Å². The molecule has 2 rings (SSSR count). The molecule has 0 aromatic heterocycles. The highest BCUT2D eigenvalue weighted by atomic mass is 32.2. The molecule has 0 aliphatic carbocycles. The Labute approximate surface area is 125 Å². The Morgan fingerprint density at radius 1 is 1.05 bits per heavy atom. The highest BCUT2D eigenvalue weighted by Crippen LogP contribution is 2.09. The number of aryl methyl sites for hydroxylation is 1. The van der Waals surface area contributed by atoms with Gasteiger partial charge in [0.2, 0.25) is 0 Å². The van der Waals surface area contributed by atoms with Gasteiger partial charge in [-0.05, 0) is 36.6 Å². The minimum atomic E-state index is -3.61. The van der Waals surface area contributed by atoms with Crippen molar-refractivity contribution in [3.8, 4) is 0 Å². The fourth-order valence-corrected chi connectivity index (χ4v) is 2.71. The van der Waals surface area contributed by atoms with Crippen LogP contribution in [0.15, 0.2) is 64.6 Å². The van der Waals surface area contributed by atoms with E-state index in [1.165, 1.54) is 17.7 Å². The van der Waals surface area contributed by atoms with Crippen LogP contribution in [0.25, 0.3) is 0 Å². The fourth-order valence-electron chi connectivity index (χ4n) is 1.83. The lowest BCUT2D eigenvalue weighted by Crippen LogP contribution is -2.19. The maximum Gasteiger partial charge on any atom is 0.276 e. The van der Waals surface area contributed by atoms with Gasteiger partial charge in [0.15, 0.2) is 0 Å². The normalized spacial score (nSPS) is 12.2. The number of hydrogen-bond donors (Lipinski definition) is 1. The predicted octanol–water partition coefficient (Wildman–Crippen LogP) is 2.95. The summed E-state index contributed by atoms with van der Waals surface area (Å²) in [4.78, 5) is 2.46. The molecule has 0 heterocycles. The first-order valence-corrected chi connectivity index (χ1v) is 8.21. The second-order valence-electron chi connectivity index (χ2n) is 4.66. The van der Waals surface area contributed by atoms with E-state index in [4.69, 9.17) is 0 Å². The van der Waals surface area contributed by atoms with Crippen LogP contribution in [0.4, 0.5) is 0 Å². The van der Waals surface area contributed by atoms with Crippen LogP contribution in [0.5, 0.6) is 0 Å². The van der Waals surface area contributed by atoms with Gasteiger partial charge in [0.05, 0.1) is 10.6 Å². The molecular formula is C16H18N2O2S. The molecule has 0 amide bonds. The molecule has 5 heteroatoms. The topological polar surface area (TPSA) is 58.5 Å². The number of nitrogens with zero attached hydrogens (tertiary/aromatic N) is 1. The zero-order valence-corrected chi connectivity index (χ0v) is 12.9. The third-order valence-electron chi connectivity index (χ3n) is 3.17. The summed E-state index contributed by atoms with van der Waals surface area (Å²) >= 11 is 0. The Morgan fingerprint density at radius 2 is 1.67 bits per heavy atom. The maximum absolute atomic E-state index is 12.1. The van der Waals surface area contributed by atoms with E-state index >= 15 is 0 Å². The van der Waals surface area contributed by atoms with E-state index in [1.807, 2.05) is 24.3 Å². The minimum Gasteiger partial charge on any atom is -0.200 e. The van der Waals surface area contributed by atoms with Crippen molar-refractivity contribution in [2.75, 3.05) is 0 Å². The second kappa shape index (κ2) is 6.54. The number of rotatable bonds is 5. The Hall–Kier alpha value is -2.14. The van der Waals surface area contributed by atoms with Gasteiger partial charge in [-0.15, -0.1) is 0 Å². The van der Waals surface area contributed by atoms with Crippen molar-refractivity contribution in [3.05, 3.63) is 65.7 Å². The molecule has 4 nitrogen and oxygen atoms in total. The van der Waals surface area contributed by atoms with Gasteiger partial charge in [0, 0.05) is 0 Å². The van der Waals surface area contributed by atoms with Crippen LogP contribution >= 0.6 is 0 Å². The van der Waals surface area contributed by atoms with Gasteiger partial charge in [-0.1, -0.05) is 49.4 Å². The Balaban J connectivity index is 2.16. The van der Waals surface area contributed by atoms with Crippen LogP contribution in [-0.2, 0) is 16.4 Å². The molecule has 0 unspecified atom stereocenters. The highest BCUT2D eigenvalue weighted by Gasteiger charge is 2.11. The fraction of sp³-hybridized carbons (Fsp3) is 0.188. The summed E-state index contributed by atoms with van der Waals surface area (Å²) in [7, 11) is -3.61. The van der Waals surface area contributed by atoms with Crippen LogP contribution in [0, 0.1) is 0 Å². The van der Waals surface area contributed by atoms with Gasteiger partial charge >= 0.3 is 0 Å². The Kier molecular flexibility index (Phi) is 4.75. The van der Waals surface area contributed by atoms with Gasteiger partial charge < -0.3 is 0 Å². The molecule has 0 aliphatic heterocycles. The van der Waals surface area contributed by atoms with E-state index in [9.17, 15) is 8.42 Å². The second-order valence-corrected chi connectivity index (χ2v) is 6.32. The van der Waals surface area contributed by atoms with Crippen molar-refractivity contribution < 1.29 is 8.42 Å². The van der Waals surface area contributed by atoms with E-state index in [-0.39, 0.29) is 4.90 Å². The van der Waals surface area contributed by atoms with Crippen molar-refractivity contribution in [2.45, 2.75) is 25.2 Å². The van der Waals surface area contributed by atoms with E-state index in [1.54, 1.807) is 25.1 Å². The summed E-state index contributed by atoms with van der Waals surface area (Å²) in [6.45, 7) is 3.86. The largest absolute Gasteiger partial charge is 0.276 e. The molecule has 1 N–H and O–H groups in total. The number of nitrogens with one attached hydrogen (secondary N) is 1. The minimum absolute atomic E-state index is 0.197. The summed E-state index contributed by atoms with van der Waals surface area (Å²) in [6, 6.07) is 16.1. The van der Waals surface area contributed by atoms with E-state index in [0.717, 1.165) is 12.0 Å². The zero-order valence-electron chi connectivity index (χ0n) is 12.1. The first-order valence-electron chi connectivity index (χ1n) is 6.73. The average Bonchev–Trinajstić information content (AvgIpc) is 2.53. The first-order chi connectivity index (χ1) is 10.0. The lowest BCUT2D eigenvalue weighted by atomic mass is 10.1. The van der Waals surface area contributed by atoms with E-state index in [2.05, 4.69) is 16.9 Å². The van der Waals surface area contributed by atoms with Crippen LogP contribution in [-0.4, -0.2) is 14.1 Å². The summed E-state index contributed by atoms with van der Waals surface area (Å²) in [5.74, 6) is 0. The quantitative estimate of drug-likeness (QED) is 0.682. The van der Waals surface area contributed by atoms with Gasteiger partial charge in [-0.3, -0.25) is 0 Å². The third-order valence-corrected chi connectivity index (χ3v) is 4.39. The van der Waals surface area contributed by atoms with Crippen LogP contribution in [0.3, 0.4) is 0 Å². The van der Waals surface area contributed by atoms with Crippen molar-refractivity contribution in [2.24, 2.45) is 5.10 Å². The predicted molar refractivity (Wildman–Crippen MR) is 84.8 cm³/mol. The van der Waals surface area contributed by atoms with Crippen LogP contribution in [0.2, 0.25) is 0 Å². The van der Waals surface area contributed by atoms with Crippen molar-refractivity contribution in [1.82, 2.24) is 4.83 Å². The third kappa shape index (κ3) is 3.92. The van der Waals surface area contributed by atoms with Crippen LogP contribution in [0.1, 0.15) is 25.0 Å². The summed E-state index contributed by atoms with van der Waals surface area (Å²) in [5.41, 5.74) is 2.75.